The van der Waals surface area contributed by atoms with Gasteiger partial charge in [0.2, 0.25) is 5.91 Å². The molecular weight excluding hydrogens is 178 g/mol. The fraction of sp³-hybridized carbons (Fsp3) is 0.909. The maximum absolute atomic E-state index is 11.5. The molecule has 0 aromatic rings. The number of carbonyl (C=O) groups is 1. The van der Waals surface area contributed by atoms with Gasteiger partial charge in [-0.15, -0.1) is 0 Å². The predicted molar refractivity (Wildman–Crippen MR) is 58.0 cm³/mol. The van der Waals surface area contributed by atoms with E-state index < -0.39 is 5.60 Å². The smallest absolute Gasteiger partial charge is 0.222 e. The monoisotopic (exact) mass is 201 g/mol. The summed E-state index contributed by atoms with van der Waals surface area (Å²) in [6.45, 7) is 7.96. The average molecular weight is 201 g/mol. The lowest BCUT2D eigenvalue weighted by Crippen LogP contribution is -2.41. The van der Waals surface area contributed by atoms with E-state index in [2.05, 4.69) is 12.2 Å². The van der Waals surface area contributed by atoms with Crippen molar-refractivity contribution in [2.45, 2.75) is 52.6 Å². The molecule has 0 heterocycles. The van der Waals surface area contributed by atoms with Crippen LogP contribution in [-0.2, 0) is 4.79 Å². The molecule has 3 nitrogen and oxygen atoms in total. The lowest BCUT2D eigenvalue weighted by Gasteiger charge is -2.22. The Hall–Kier alpha value is -0.570. The average Bonchev–Trinajstić information content (AvgIpc) is 2.15. The Morgan fingerprint density at radius 3 is 2.50 bits per heavy atom. The van der Waals surface area contributed by atoms with Crippen LogP contribution in [0.5, 0.6) is 0 Å². The minimum atomic E-state index is -0.776. The number of aliphatic hydroxyl groups is 1. The van der Waals surface area contributed by atoms with Gasteiger partial charge < -0.3 is 10.4 Å². The quantitative estimate of drug-likeness (QED) is 0.687. The molecule has 0 bridgehead atoms. The fourth-order valence-corrected chi connectivity index (χ4v) is 1.14. The third-order valence-electron chi connectivity index (χ3n) is 2.57. The van der Waals surface area contributed by atoms with Gasteiger partial charge in [-0.05, 0) is 19.8 Å². The maximum Gasteiger partial charge on any atom is 0.222 e. The number of rotatable bonds is 6. The predicted octanol–water partition coefficient (Wildman–Crippen LogP) is 1.70. The van der Waals surface area contributed by atoms with E-state index in [-0.39, 0.29) is 11.8 Å². The van der Waals surface area contributed by atoms with Gasteiger partial charge in [-0.1, -0.05) is 27.2 Å². The Bertz CT molecular complexity index is 178. The van der Waals surface area contributed by atoms with Gasteiger partial charge in [0.15, 0.2) is 0 Å². The van der Waals surface area contributed by atoms with Crippen LogP contribution < -0.4 is 5.32 Å². The molecule has 0 radical (unpaired) electrons. The largest absolute Gasteiger partial charge is 0.388 e. The molecule has 0 aromatic heterocycles. The molecular formula is C11H23NO2. The molecule has 0 spiro atoms. The zero-order chi connectivity index (χ0) is 11.2. The van der Waals surface area contributed by atoms with Gasteiger partial charge >= 0.3 is 0 Å². The van der Waals surface area contributed by atoms with E-state index in [0.29, 0.717) is 13.0 Å². The first kappa shape index (κ1) is 13.4. The third-order valence-corrected chi connectivity index (χ3v) is 2.57. The highest BCUT2D eigenvalue weighted by molar-refractivity contribution is 5.78. The van der Waals surface area contributed by atoms with Crippen LogP contribution in [0.25, 0.3) is 0 Å². The van der Waals surface area contributed by atoms with Crippen molar-refractivity contribution in [2.75, 3.05) is 6.54 Å². The minimum Gasteiger partial charge on any atom is -0.388 e. The third kappa shape index (κ3) is 5.22. The van der Waals surface area contributed by atoms with E-state index in [1.165, 1.54) is 0 Å². The Kier molecular flexibility index (Phi) is 5.77. The first-order chi connectivity index (χ1) is 6.43. The van der Waals surface area contributed by atoms with Gasteiger partial charge in [-0.25, -0.2) is 0 Å². The second-order valence-electron chi connectivity index (χ2n) is 4.26. The molecule has 0 rings (SSSR count). The lowest BCUT2D eigenvalue weighted by atomic mass is 10.0. The summed E-state index contributed by atoms with van der Waals surface area (Å²) < 4.78 is 0. The highest BCUT2D eigenvalue weighted by Crippen LogP contribution is 2.08. The van der Waals surface area contributed by atoms with Crippen LogP contribution in [-0.4, -0.2) is 23.2 Å². The normalized spacial score (nSPS) is 17.2. The first-order valence-corrected chi connectivity index (χ1v) is 5.43. The lowest BCUT2D eigenvalue weighted by molar-refractivity contribution is -0.125. The van der Waals surface area contributed by atoms with Crippen molar-refractivity contribution < 1.29 is 9.90 Å². The van der Waals surface area contributed by atoms with Gasteiger partial charge in [-0.3, -0.25) is 4.79 Å². The van der Waals surface area contributed by atoms with Gasteiger partial charge in [0, 0.05) is 12.5 Å². The van der Waals surface area contributed by atoms with Crippen molar-refractivity contribution in [3.05, 3.63) is 0 Å². The second-order valence-corrected chi connectivity index (χ2v) is 4.26. The number of amides is 1. The molecule has 0 aromatic carbocycles. The summed E-state index contributed by atoms with van der Waals surface area (Å²) in [6, 6.07) is 0. The highest BCUT2D eigenvalue weighted by atomic mass is 16.3. The molecule has 2 unspecified atom stereocenters. The van der Waals surface area contributed by atoms with Gasteiger partial charge in [0.1, 0.15) is 0 Å². The molecule has 2 atom stereocenters. The molecule has 3 heteroatoms. The Morgan fingerprint density at radius 1 is 1.50 bits per heavy atom. The minimum absolute atomic E-state index is 0.0422. The second kappa shape index (κ2) is 6.02. The van der Waals surface area contributed by atoms with Crippen LogP contribution in [0.4, 0.5) is 0 Å². The van der Waals surface area contributed by atoms with Crippen molar-refractivity contribution in [2.24, 2.45) is 5.92 Å². The first-order valence-electron chi connectivity index (χ1n) is 5.43. The standard InChI is InChI=1S/C11H23NO2/c1-5-7-9(3)10(13)12-8-11(4,14)6-2/h9,14H,5-8H2,1-4H3,(H,12,13). The molecule has 84 valence electrons. The van der Waals surface area contributed by atoms with E-state index in [1.54, 1.807) is 6.92 Å². The molecule has 0 aliphatic heterocycles. The van der Waals surface area contributed by atoms with Crippen molar-refractivity contribution in [1.82, 2.24) is 5.32 Å². The molecule has 14 heavy (non-hydrogen) atoms. The van der Waals surface area contributed by atoms with E-state index in [1.807, 2.05) is 13.8 Å². The summed E-state index contributed by atoms with van der Waals surface area (Å²) in [5, 5.41) is 12.4. The van der Waals surface area contributed by atoms with Gasteiger partial charge in [0.05, 0.1) is 5.60 Å². The SMILES string of the molecule is CCCC(C)C(=O)NCC(C)(O)CC. The van der Waals surface area contributed by atoms with Gasteiger partial charge in [0.25, 0.3) is 0 Å². The topological polar surface area (TPSA) is 49.3 Å². The summed E-state index contributed by atoms with van der Waals surface area (Å²) >= 11 is 0. The van der Waals surface area contributed by atoms with E-state index in [0.717, 1.165) is 12.8 Å². The zero-order valence-electron chi connectivity index (χ0n) is 9.76. The van der Waals surface area contributed by atoms with Gasteiger partial charge in [-0.2, -0.15) is 0 Å². The number of nitrogens with one attached hydrogen (secondary N) is 1. The molecule has 0 aliphatic carbocycles. The molecule has 0 saturated heterocycles. The summed E-state index contributed by atoms with van der Waals surface area (Å²) in [4.78, 5) is 11.5. The van der Waals surface area contributed by atoms with Crippen molar-refractivity contribution in [3.8, 4) is 0 Å². The summed E-state index contributed by atoms with van der Waals surface area (Å²) in [7, 11) is 0. The van der Waals surface area contributed by atoms with E-state index in [9.17, 15) is 9.90 Å². The number of hydrogen-bond donors (Lipinski definition) is 2. The summed E-state index contributed by atoms with van der Waals surface area (Å²) in [6.07, 6.45) is 2.56. The highest BCUT2D eigenvalue weighted by Gasteiger charge is 2.20. The Labute approximate surface area is 86.9 Å². The number of hydrogen-bond acceptors (Lipinski definition) is 2. The van der Waals surface area contributed by atoms with Crippen LogP contribution in [0.2, 0.25) is 0 Å². The fourth-order valence-electron chi connectivity index (χ4n) is 1.14. The molecule has 0 saturated carbocycles. The Balaban J connectivity index is 3.84. The van der Waals surface area contributed by atoms with Crippen LogP contribution in [0.1, 0.15) is 47.0 Å². The molecule has 2 N–H and O–H groups in total. The van der Waals surface area contributed by atoms with Crippen LogP contribution in [0.15, 0.2) is 0 Å². The van der Waals surface area contributed by atoms with E-state index >= 15 is 0 Å². The Morgan fingerprint density at radius 2 is 2.07 bits per heavy atom. The van der Waals surface area contributed by atoms with Crippen LogP contribution in [0, 0.1) is 5.92 Å². The molecule has 0 fully saturated rings. The molecule has 0 aliphatic rings. The van der Waals surface area contributed by atoms with Crippen LogP contribution in [0.3, 0.4) is 0 Å². The van der Waals surface area contributed by atoms with Crippen molar-refractivity contribution in [1.29, 1.82) is 0 Å². The zero-order valence-corrected chi connectivity index (χ0v) is 9.76. The van der Waals surface area contributed by atoms with Crippen LogP contribution >= 0.6 is 0 Å². The summed E-state index contributed by atoms with van der Waals surface area (Å²) in [5.74, 6) is 0.0910. The number of carbonyl (C=O) groups excluding carboxylic acids is 1. The van der Waals surface area contributed by atoms with Crippen molar-refractivity contribution >= 4 is 5.91 Å². The summed E-state index contributed by atoms with van der Waals surface area (Å²) in [5.41, 5.74) is -0.776. The maximum atomic E-state index is 11.5. The van der Waals surface area contributed by atoms with Crippen molar-refractivity contribution in [3.63, 3.8) is 0 Å². The van der Waals surface area contributed by atoms with E-state index in [4.69, 9.17) is 0 Å². The molecule has 1 amide bonds.